The topological polar surface area (TPSA) is 58.3 Å². The van der Waals surface area contributed by atoms with Crippen molar-refractivity contribution in [2.24, 2.45) is 5.73 Å². The third-order valence-corrected chi connectivity index (χ3v) is 2.55. The molecule has 0 bridgehead atoms. The minimum atomic E-state index is -0.532. The van der Waals surface area contributed by atoms with E-state index in [0.717, 1.165) is 19.4 Å². The summed E-state index contributed by atoms with van der Waals surface area (Å²) in [6.07, 6.45) is 1.47. The maximum atomic E-state index is 9.84. The van der Waals surface area contributed by atoms with Gasteiger partial charge in [0, 0.05) is 12.1 Å². The summed E-state index contributed by atoms with van der Waals surface area (Å²) in [6.45, 7) is 4.95. The standard InChI is InChI=1S/C8H18N2O/c1-3-10-6(2)8(11)4-7(9)5-8/h6-7,10-11H,3-5,9H2,1-2H3. The number of aliphatic hydroxyl groups is 1. The summed E-state index contributed by atoms with van der Waals surface area (Å²) in [6, 6.07) is 0.383. The first kappa shape index (κ1) is 8.97. The largest absolute Gasteiger partial charge is 0.388 e. The quantitative estimate of drug-likeness (QED) is 0.535. The number of hydrogen-bond acceptors (Lipinski definition) is 3. The van der Waals surface area contributed by atoms with Crippen molar-refractivity contribution in [1.82, 2.24) is 5.32 Å². The van der Waals surface area contributed by atoms with Crippen LogP contribution in [0.4, 0.5) is 0 Å². The highest BCUT2D eigenvalue weighted by atomic mass is 16.3. The number of hydrogen-bond donors (Lipinski definition) is 3. The van der Waals surface area contributed by atoms with Crippen molar-refractivity contribution < 1.29 is 5.11 Å². The smallest absolute Gasteiger partial charge is 0.0826 e. The molecule has 0 spiro atoms. The summed E-state index contributed by atoms with van der Waals surface area (Å²) < 4.78 is 0. The fourth-order valence-corrected chi connectivity index (χ4v) is 1.70. The van der Waals surface area contributed by atoms with E-state index < -0.39 is 5.60 Å². The Balaban J connectivity index is 2.34. The van der Waals surface area contributed by atoms with Crippen LogP contribution in [0.15, 0.2) is 0 Å². The Morgan fingerprint density at radius 1 is 1.73 bits per heavy atom. The fourth-order valence-electron chi connectivity index (χ4n) is 1.70. The van der Waals surface area contributed by atoms with Crippen molar-refractivity contribution >= 4 is 0 Å². The molecule has 11 heavy (non-hydrogen) atoms. The third kappa shape index (κ3) is 1.72. The highest BCUT2D eigenvalue weighted by Crippen LogP contribution is 2.33. The molecule has 1 unspecified atom stereocenters. The van der Waals surface area contributed by atoms with Crippen LogP contribution in [0, 0.1) is 0 Å². The number of rotatable bonds is 3. The Labute approximate surface area is 68.0 Å². The van der Waals surface area contributed by atoms with Crippen LogP contribution in [0.5, 0.6) is 0 Å². The molecule has 1 atom stereocenters. The number of nitrogens with one attached hydrogen (secondary N) is 1. The summed E-state index contributed by atoms with van der Waals surface area (Å²) in [5.74, 6) is 0. The van der Waals surface area contributed by atoms with Crippen molar-refractivity contribution in [2.45, 2.75) is 44.4 Å². The lowest BCUT2D eigenvalue weighted by Gasteiger charge is -2.46. The van der Waals surface area contributed by atoms with Crippen molar-refractivity contribution in [3.05, 3.63) is 0 Å². The first-order chi connectivity index (χ1) is 5.08. The molecule has 1 rings (SSSR count). The van der Waals surface area contributed by atoms with Gasteiger partial charge >= 0.3 is 0 Å². The lowest BCUT2D eigenvalue weighted by Crippen LogP contribution is -2.61. The molecule has 0 saturated heterocycles. The van der Waals surface area contributed by atoms with E-state index in [2.05, 4.69) is 5.32 Å². The van der Waals surface area contributed by atoms with Crippen LogP contribution in [0.3, 0.4) is 0 Å². The Hall–Kier alpha value is -0.120. The number of nitrogens with two attached hydrogens (primary N) is 1. The average molecular weight is 158 g/mol. The van der Waals surface area contributed by atoms with Gasteiger partial charge in [-0.1, -0.05) is 6.92 Å². The molecule has 0 amide bonds. The Kier molecular flexibility index (Phi) is 2.52. The van der Waals surface area contributed by atoms with E-state index >= 15 is 0 Å². The van der Waals surface area contributed by atoms with Gasteiger partial charge in [-0.25, -0.2) is 0 Å². The second-order valence-corrected chi connectivity index (χ2v) is 3.55. The minimum absolute atomic E-state index is 0.173. The predicted octanol–water partition coefficient (Wildman–Crippen LogP) is -0.163. The molecule has 1 fully saturated rings. The monoisotopic (exact) mass is 158 g/mol. The van der Waals surface area contributed by atoms with Gasteiger partial charge < -0.3 is 16.2 Å². The van der Waals surface area contributed by atoms with Gasteiger partial charge in [-0.15, -0.1) is 0 Å². The molecule has 66 valence electrons. The van der Waals surface area contributed by atoms with Crippen LogP contribution in [-0.4, -0.2) is 29.3 Å². The van der Waals surface area contributed by atoms with E-state index in [1.165, 1.54) is 0 Å². The van der Waals surface area contributed by atoms with Crippen LogP contribution in [0.25, 0.3) is 0 Å². The molecule has 0 aliphatic heterocycles. The van der Waals surface area contributed by atoms with Gasteiger partial charge in [0.25, 0.3) is 0 Å². The molecular weight excluding hydrogens is 140 g/mol. The van der Waals surface area contributed by atoms with Gasteiger partial charge in [0.15, 0.2) is 0 Å². The Bertz CT molecular complexity index is 132. The van der Waals surface area contributed by atoms with Gasteiger partial charge in [0.05, 0.1) is 5.60 Å². The molecule has 3 nitrogen and oxygen atoms in total. The van der Waals surface area contributed by atoms with E-state index in [9.17, 15) is 5.11 Å². The highest BCUT2D eigenvalue weighted by molar-refractivity contribution is 5.02. The number of likely N-dealkylation sites (N-methyl/N-ethyl adjacent to an activating group) is 1. The van der Waals surface area contributed by atoms with Gasteiger partial charge in [0.2, 0.25) is 0 Å². The highest BCUT2D eigenvalue weighted by Gasteiger charge is 2.44. The first-order valence-corrected chi connectivity index (χ1v) is 4.30. The minimum Gasteiger partial charge on any atom is -0.388 e. The molecule has 1 aliphatic carbocycles. The summed E-state index contributed by atoms with van der Waals surface area (Å²) in [5.41, 5.74) is 5.07. The van der Waals surface area contributed by atoms with Crippen LogP contribution >= 0.6 is 0 Å². The molecule has 1 saturated carbocycles. The summed E-state index contributed by atoms with van der Waals surface area (Å²) in [5, 5.41) is 13.0. The van der Waals surface area contributed by atoms with Gasteiger partial charge in [-0.2, -0.15) is 0 Å². The maximum Gasteiger partial charge on any atom is 0.0826 e. The molecular formula is C8H18N2O. The van der Waals surface area contributed by atoms with Gasteiger partial charge in [0.1, 0.15) is 0 Å². The zero-order chi connectivity index (χ0) is 8.48. The van der Waals surface area contributed by atoms with Crippen LogP contribution in [0.1, 0.15) is 26.7 Å². The molecule has 0 aromatic carbocycles. The molecule has 1 aliphatic rings. The van der Waals surface area contributed by atoms with Crippen LogP contribution < -0.4 is 11.1 Å². The zero-order valence-corrected chi connectivity index (χ0v) is 7.30. The van der Waals surface area contributed by atoms with Gasteiger partial charge in [-0.05, 0) is 26.3 Å². The van der Waals surface area contributed by atoms with Crippen molar-refractivity contribution in [2.75, 3.05) is 6.54 Å². The second-order valence-electron chi connectivity index (χ2n) is 3.55. The van der Waals surface area contributed by atoms with E-state index in [0.29, 0.717) is 0 Å². The molecule has 0 radical (unpaired) electrons. The summed E-state index contributed by atoms with van der Waals surface area (Å²) in [4.78, 5) is 0. The lowest BCUT2D eigenvalue weighted by molar-refractivity contribution is -0.0713. The zero-order valence-electron chi connectivity index (χ0n) is 7.30. The van der Waals surface area contributed by atoms with Crippen molar-refractivity contribution in [1.29, 1.82) is 0 Å². The van der Waals surface area contributed by atoms with Crippen LogP contribution in [0.2, 0.25) is 0 Å². The first-order valence-electron chi connectivity index (χ1n) is 4.30. The maximum absolute atomic E-state index is 9.84. The molecule has 0 heterocycles. The Morgan fingerprint density at radius 3 is 2.64 bits per heavy atom. The summed E-state index contributed by atoms with van der Waals surface area (Å²) in [7, 11) is 0. The molecule has 3 heteroatoms. The van der Waals surface area contributed by atoms with E-state index in [1.807, 2.05) is 13.8 Å². The van der Waals surface area contributed by atoms with E-state index in [1.54, 1.807) is 0 Å². The normalized spacial score (nSPS) is 39.8. The van der Waals surface area contributed by atoms with E-state index in [4.69, 9.17) is 5.73 Å². The van der Waals surface area contributed by atoms with E-state index in [-0.39, 0.29) is 12.1 Å². The molecule has 0 aromatic rings. The molecule has 0 aromatic heterocycles. The molecule has 4 N–H and O–H groups in total. The second kappa shape index (κ2) is 3.09. The summed E-state index contributed by atoms with van der Waals surface area (Å²) >= 11 is 0. The van der Waals surface area contributed by atoms with Crippen molar-refractivity contribution in [3.8, 4) is 0 Å². The average Bonchev–Trinajstić information content (AvgIpc) is 1.85. The third-order valence-electron chi connectivity index (χ3n) is 2.55. The Morgan fingerprint density at radius 2 is 2.27 bits per heavy atom. The van der Waals surface area contributed by atoms with Crippen LogP contribution in [-0.2, 0) is 0 Å². The fraction of sp³-hybridized carbons (Fsp3) is 1.00. The predicted molar refractivity (Wildman–Crippen MR) is 45.3 cm³/mol. The SMILES string of the molecule is CCNC(C)C1(O)CC(N)C1. The van der Waals surface area contributed by atoms with Gasteiger partial charge in [-0.3, -0.25) is 0 Å². The lowest BCUT2D eigenvalue weighted by atomic mass is 9.72. The van der Waals surface area contributed by atoms with Crippen molar-refractivity contribution in [3.63, 3.8) is 0 Å².